The van der Waals surface area contributed by atoms with Crippen molar-refractivity contribution in [2.24, 2.45) is 0 Å². The van der Waals surface area contributed by atoms with E-state index in [9.17, 15) is 4.79 Å². The maximum Gasteiger partial charge on any atom is 0.266 e. The lowest BCUT2D eigenvalue weighted by Crippen LogP contribution is -2.13. The van der Waals surface area contributed by atoms with Gasteiger partial charge < -0.3 is 9.73 Å². The van der Waals surface area contributed by atoms with Crippen LogP contribution in [-0.4, -0.2) is 21.1 Å². The summed E-state index contributed by atoms with van der Waals surface area (Å²) in [4.78, 5) is 16.2. The minimum absolute atomic E-state index is 0.141. The van der Waals surface area contributed by atoms with Crippen molar-refractivity contribution in [1.29, 1.82) is 0 Å². The van der Waals surface area contributed by atoms with Gasteiger partial charge in [-0.1, -0.05) is 23.7 Å². The van der Waals surface area contributed by atoms with Gasteiger partial charge in [-0.25, -0.2) is 0 Å². The molecular formula is C17H15ClN4O2. The third kappa shape index (κ3) is 3.78. The van der Waals surface area contributed by atoms with Gasteiger partial charge in [0, 0.05) is 29.7 Å². The van der Waals surface area contributed by atoms with Crippen molar-refractivity contribution >= 4 is 23.2 Å². The predicted molar refractivity (Wildman–Crippen MR) is 90.7 cm³/mol. The largest absolute Gasteiger partial charge is 0.419 e. The van der Waals surface area contributed by atoms with Crippen LogP contribution in [0, 0.1) is 6.92 Å². The van der Waals surface area contributed by atoms with E-state index >= 15 is 0 Å². The first-order valence-electron chi connectivity index (χ1n) is 7.42. The topological polar surface area (TPSA) is 80.9 Å². The fourth-order valence-corrected chi connectivity index (χ4v) is 2.30. The number of aryl methyl sites for hydroxylation is 1. The van der Waals surface area contributed by atoms with Crippen LogP contribution in [0.15, 0.2) is 47.0 Å². The average Bonchev–Trinajstić information content (AvgIpc) is 3.07. The zero-order valence-corrected chi connectivity index (χ0v) is 13.7. The smallest absolute Gasteiger partial charge is 0.266 e. The molecule has 1 amide bonds. The zero-order valence-electron chi connectivity index (χ0n) is 13.0. The first-order chi connectivity index (χ1) is 11.6. The highest BCUT2D eigenvalue weighted by Crippen LogP contribution is 2.23. The summed E-state index contributed by atoms with van der Waals surface area (Å²) in [6.07, 6.45) is 2.24. The fourth-order valence-electron chi connectivity index (χ4n) is 2.12. The quantitative estimate of drug-likeness (QED) is 0.765. The summed E-state index contributed by atoms with van der Waals surface area (Å²) >= 11 is 6.04. The van der Waals surface area contributed by atoms with Crippen molar-refractivity contribution in [3.63, 3.8) is 0 Å². The van der Waals surface area contributed by atoms with Crippen LogP contribution in [-0.2, 0) is 11.2 Å². The summed E-state index contributed by atoms with van der Waals surface area (Å²) in [7, 11) is 0. The number of aromatic nitrogens is 3. The first kappa shape index (κ1) is 16.1. The van der Waals surface area contributed by atoms with E-state index in [0.29, 0.717) is 34.6 Å². The molecule has 0 aliphatic rings. The van der Waals surface area contributed by atoms with Crippen LogP contribution in [0.4, 0.5) is 5.69 Å². The van der Waals surface area contributed by atoms with E-state index in [2.05, 4.69) is 20.5 Å². The second-order valence-electron chi connectivity index (χ2n) is 5.18. The molecule has 0 aliphatic heterocycles. The standard InChI is InChI=1S/C17H15ClN4O2/c1-11-12(18)5-4-7-13(11)20-15(23)8-9-16-21-22-17(24-16)14-6-2-3-10-19-14/h2-7,10H,8-9H2,1H3,(H,20,23). The van der Waals surface area contributed by atoms with Gasteiger partial charge in [0.15, 0.2) is 0 Å². The van der Waals surface area contributed by atoms with E-state index in [0.717, 1.165) is 5.56 Å². The summed E-state index contributed by atoms with van der Waals surface area (Å²) in [6.45, 7) is 1.86. The Bertz CT molecular complexity index is 849. The van der Waals surface area contributed by atoms with Crippen LogP contribution >= 0.6 is 11.6 Å². The molecule has 0 spiro atoms. The molecular weight excluding hydrogens is 328 g/mol. The molecule has 0 unspecified atom stereocenters. The van der Waals surface area contributed by atoms with Crippen molar-refractivity contribution < 1.29 is 9.21 Å². The number of hydrogen-bond donors (Lipinski definition) is 1. The number of anilines is 1. The Morgan fingerprint density at radius 1 is 1.21 bits per heavy atom. The van der Waals surface area contributed by atoms with Gasteiger partial charge in [0.05, 0.1) is 0 Å². The van der Waals surface area contributed by atoms with Crippen molar-refractivity contribution in [3.05, 3.63) is 59.1 Å². The van der Waals surface area contributed by atoms with Crippen LogP contribution in [0.25, 0.3) is 11.6 Å². The monoisotopic (exact) mass is 342 g/mol. The molecule has 3 aromatic rings. The Morgan fingerprint density at radius 3 is 2.88 bits per heavy atom. The number of carbonyl (C=O) groups is 1. The third-order valence-electron chi connectivity index (χ3n) is 3.46. The van der Waals surface area contributed by atoms with Crippen molar-refractivity contribution in [3.8, 4) is 11.6 Å². The van der Waals surface area contributed by atoms with Crippen molar-refractivity contribution in [1.82, 2.24) is 15.2 Å². The van der Waals surface area contributed by atoms with Gasteiger partial charge in [-0.2, -0.15) is 0 Å². The summed E-state index contributed by atoms with van der Waals surface area (Å²) < 4.78 is 5.53. The minimum Gasteiger partial charge on any atom is -0.419 e. The second kappa shape index (κ2) is 7.23. The van der Waals surface area contributed by atoms with Crippen LogP contribution in [0.5, 0.6) is 0 Å². The number of halogens is 1. The van der Waals surface area contributed by atoms with E-state index in [4.69, 9.17) is 16.0 Å². The predicted octanol–water partition coefficient (Wildman–Crippen LogP) is 3.66. The van der Waals surface area contributed by atoms with E-state index < -0.39 is 0 Å². The van der Waals surface area contributed by atoms with Gasteiger partial charge in [0.2, 0.25) is 11.8 Å². The Morgan fingerprint density at radius 2 is 2.08 bits per heavy atom. The number of amides is 1. The number of rotatable bonds is 5. The van der Waals surface area contributed by atoms with E-state index in [1.807, 2.05) is 25.1 Å². The van der Waals surface area contributed by atoms with E-state index in [1.165, 1.54) is 0 Å². The third-order valence-corrected chi connectivity index (χ3v) is 3.87. The maximum absolute atomic E-state index is 12.1. The second-order valence-corrected chi connectivity index (χ2v) is 5.58. The molecule has 0 aliphatic carbocycles. The summed E-state index contributed by atoms with van der Waals surface area (Å²) in [5.74, 6) is 0.600. The van der Waals surface area contributed by atoms with Crippen LogP contribution in [0.2, 0.25) is 5.02 Å². The maximum atomic E-state index is 12.1. The molecule has 7 heteroatoms. The van der Waals surface area contributed by atoms with Crippen LogP contribution in [0.1, 0.15) is 17.9 Å². The lowest BCUT2D eigenvalue weighted by atomic mass is 10.2. The molecule has 1 N–H and O–H groups in total. The average molecular weight is 343 g/mol. The highest BCUT2D eigenvalue weighted by atomic mass is 35.5. The van der Waals surface area contributed by atoms with Crippen LogP contribution < -0.4 is 5.32 Å². The molecule has 0 fully saturated rings. The lowest BCUT2D eigenvalue weighted by Gasteiger charge is -2.08. The van der Waals surface area contributed by atoms with Crippen molar-refractivity contribution in [2.45, 2.75) is 19.8 Å². The molecule has 0 atom stereocenters. The summed E-state index contributed by atoms with van der Waals surface area (Å²) in [5.41, 5.74) is 2.14. The number of nitrogens with one attached hydrogen (secondary N) is 1. The number of benzene rings is 1. The van der Waals surface area contributed by atoms with Gasteiger partial charge >= 0.3 is 0 Å². The highest BCUT2D eigenvalue weighted by Gasteiger charge is 2.12. The fraction of sp³-hybridized carbons (Fsp3) is 0.176. The Balaban J connectivity index is 1.59. The Kier molecular flexibility index (Phi) is 4.86. The van der Waals surface area contributed by atoms with Crippen LogP contribution in [0.3, 0.4) is 0 Å². The summed E-state index contributed by atoms with van der Waals surface area (Å²) in [5, 5.41) is 11.3. The molecule has 2 heterocycles. The Hall–Kier alpha value is -2.73. The molecule has 1 aromatic carbocycles. The van der Waals surface area contributed by atoms with Crippen molar-refractivity contribution in [2.75, 3.05) is 5.32 Å². The molecule has 0 saturated carbocycles. The number of nitrogens with zero attached hydrogens (tertiary/aromatic N) is 3. The zero-order chi connectivity index (χ0) is 16.9. The number of carbonyl (C=O) groups excluding carboxylic acids is 1. The van der Waals surface area contributed by atoms with Gasteiger partial charge in [-0.3, -0.25) is 9.78 Å². The molecule has 6 nitrogen and oxygen atoms in total. The molecule has 0 bridgehead atoms. The van der Waals surface area contributed by atoms with Gasteiger partial charge in [-0.05, 0) is 36.8 Å². The summed E-state index contributed by atoms with van der Waals surface area (Å²) in [6, 6.07) is 10.8. The number of hydrogen-bond acceptors (Lipinski definition) is 5. The van der Waals surface area contributed by atoms with Gasteiger partial charge in [0.25, 0.3) is 5.89 Å². The lowest BCUT2D eigenvalue weighted by molar-refractivity contribution is -0.116. The van der Waals surface area contributed by atoms with Gasteiger partial charge in [-0.15, -0.1) is 10.2 Å². The molecule has 0 radical (unpaired) electrons. The van der Waals surface area contributed by atoms with E-state index in [1.54, 1.807) is 24.4 Å². The van der Waals surface area contributed by atoms with E-state index in [-0.39, 0.29) is 12.3 Å². The SMILES string of the molecule is Cc1c(Cl)cccc1NC(=O)CCc1nnc(-c2ccccn2)o1. The normalized spacial score (nSPS) is 10.6. The molecule has 2 aromatic heterocycles. The molecule has 122 valence electrons. The first-order valence-corrected chi connectivity index (χ1v) is 7.80. The molecule has 3 rings (SSSR count). The van der Waals surface area contributed by atoms with Gasteiger partial charge in [0.1, 0.15) is 5.69 Å². The Labute approximate surface area is 143 Å². The minimum atomic E-state index is -0.141. The number of pyridine rings is 1. The molecule has 0 saturated heterocycles. The highest BCUT2D eigenvalue weighted by molar-refractivity contribution is 6.31. The molecule has 24 heavy (non-hydrogen) atoms.